The monoisotopic (exact) mass is 296 g/mol. The van der Waals surface area contributed by atoms with Crippen LogP contribution in [0, 0.1) is 10.1 Å². The third-order valence-electron chi connectivity index (χ3n) is 2.81. The lowest BCUT2D eigenvalue weighted by Gasteiger charge is -2.13. The van der Waals surface area contributed by atoms with Crippen LogP contribution >= 0.6 is 0 Å². The van der Waals surface area contributed by atoms with Crippen LogP contribution in [0.25, 0.3) is 0 Å². The summed E-state index contributed by atoms with van der Waals surface area (Å²) >= 11 is 0. The van der Waals surface area contributed by atoms with E-state index in [2.05, 4.69) is 5.32 Å². The quantitative estimate of drug-likeness (QED) is 0.471. The molecule has 0 aliphatic carbocycles. The van der Waals surface area contributed by atoms with E-state index >= 15 is 0 Å². The first kappa shape index (κ1) is 14.6. The molecule has 1 unspecified atom stereocenters. The molecule has 1 N–H and O–H groups in total. The van der Waals surface area contributed by atoms with Gasteiger partial charge in [-0.1, -0.05) is 0 Å². The number of amides is 1. The van der Waals surface area contributed by atoms with Gasteiger partial charge in [0.2, 0.25) is 0 Å². The lowest BCUT2D eigenvalue weighted by Crippen LogP contribution is -2.22. The highest BCUT2D eigenvalue weighted by Gasteiger charge is 2.25. The normalized spacial score (nSPS) is 16.8. The molecule has 1 aliphatic heterocycles. The molecule has 0 radical (unpaired) electrons. The zero-order valence-electron chi connectivity index (χ0n) is 11.0. The third-order valence-corrected chi connectivity index (χ3v) is 2.81. The van der Waals surface area contributed by atoms with E-state index in [4.69, 9.17) is 14.2 Å². The predicted octanol–water partition coefficient (Wildman–Crippen LogP) is 0.903. The van der Waals surface area contributed by atoms with Crippen molar-refractivity contribution in [1.82, 2.24) is 5.32 Å². The first-order chi connectivity index (χ1) is 10.0. The predicted molar refractivity (Wildman–Crippen MR) is 68.8 cm³/mol. The number of nitrogens with zero attached hydrogens (tertiary/aromatic N) is 1. The SMILES string of the molecule is COc1cc(C=O)c([N+](=O)[O-])cc1OCC1CNC(=O)O1. The topological polar surface area (TPSA) is 117 Å². The molecule has 112 valence electrons. The van der Waals surface area contributed by atoms with Crippen LogP contribution in [-0.4, -0.2) is 43.7 Å². The van der Waals surface area contributed by atoms with Gasteiger partial charge in [-0.15, -0.1) is 0 Å². The van der Waals surface area contributed by atoms with Crippen molar-refractivity contribution in [2.24, 2.45) is 0 Å². The van der Waals surface area contributed by atoms with Crippen LogP contribution in [-0.2, 0) is 4.74 Å². The van der Waals surface area contributed by atoms with Gasteiger partial charge in [0.25, 0.3) is 5.69 Å². The van der Waals surface area contributed by atoms with Crippen molar-refractivity contribution in [3.05, 3.63) is 27.8 Å². The number of methoxy groups -OCH3 is 1. The Balaban J connectivity index is 2.20. The second-order valence-corrected chi connectivity index (χ2v) is 4.16. The second kappa shape index (κ2) is 6.07. The van der Waals surface area contributed by atoms with Crippen LogP contribution in [0.2, 0.25) is 0 Å². The molecular formula is C12H12N2O7. The first-order valence-electron chi connectivity index (χ1n) is 5.94. The molecule has 1 heterocycles. The van der Waals surface area contributed by atoms with Crippen LogP contribution in [0.15, 0.2) is 12.1 Å². The fraction of sp³-hybridized carbons (Fsp3) is 0.333. The van der Waals surface area contributed by atoms with E-state index in [1.807, 2.05) is 0 Å². The Morgan fingerprint density at radius 3 is 2.81 bits per heavy atom. The maximum atomic E-state index is 10.9. The summed E-state index contributed by atoms with van der Waals surface area (Å²) in [6, 6.07) is 2.33. The minimum atomic E-state index is -0.687. The fourth-order valence-corrected chi connectivity index (χ4v) is 1.80. The van der Waals surface area contributed by atoms with Gasteiger partial charge in [-0.3, -0.25) is 14.9 Å². The van der Waals surface area contributed by atoms with Crippen molar-refractivity contribution in [2.75, 3.05) is 20.3 Å². The Kier molecular flexibility index (Phi) is 4.21. The van der Waals surface area contributed by atoms with Crippen molar-refractivity contribution < 1.29 is 28.7 Å². The molecule has 9 heteroatoms. The molecule has 1 saturated heterocycles. The lowest BCUT2D eigenvalue weighted by atomic mass is 10.1. The van der Waals surface area contributed by atoms with E-state index in [-0.39, 0.29) is 35.9 Å². The molecule has 1 aromatic carbocycles. The number of carbonyl (C=O) groups is 2. The Labute approximate surface area is 118 Å². The van der Waals surface area contributed by atoms with Crippen LogP contribution in [0.4, 0.5) is 10.5 Å². The maximum Gasteiger partial charge on any atom is 0.407 e. The number of rotatable bonds is 6. The number of hydrogen-bond donors (Lipinski definition) is 1. The van der Waals surface area contributed by atoms with Gasteiger partial charge < -0.3 is 19.5 Å². The van der Waals surface area contributed by atoms with Gasteiger partial charge in [0.05, 0.1) is 30.2 Å². The Morgan fingerprint density at radius 1 is 1.52 bits per heavy atom. The average molecular weight is 296 g/mol. The highest BCUT2D eigenvalue weighted by atomic mass is 16.6. The van der Waals surface area contributed by atoms with Gasteiger partial charge in [-0.25, -0.2) is 4.79 Å². The van der Waals surface area contributed by atoms with Crippen molar-refractivity contribution in [1.29, 1.82) is 0 Å². The third kappa shape index (κ3) is 3.19. The summed E-state index contributed by atoms with van der Waals surface area (Å²) in [5.41, 5.74) is -0.500. The summed E-state index contributed by atoms with van der Waals surface area (Å²) in [5, 5.41) is 13.4. The number of aldehydes is 1. The Bertz CT molecular complexity index is 587. The van der Waals surface area contributed by atoms with Crippen LogP contribution in [0.1, 0.15) is 10.4 Å². The van der Waals surface area contributed by atoms with E-state index < -0.39 is 17.1 Å². The number of ether oxygens (including phenoxy) is 3. The van der Waals surface area contributed by atoms with E-state index in [1.165, 1.54) is 13.2 Å². The number of hydrogen-bond acceptors (Lipinski definition) is 7. The van der Waals surface area contributed by atoms with Crippen LogP contribution in [0.5, 0.6) is 11.5 Å². The number of cyclic esters (lactones) is 1. The minimum Gasteiger partial charge on any atom is -0.493 e. The number of nitro groups is 1. The van der Waals surface area contributed by atoms with Crippen molar-refractivity contribution in [2.45, 2.75) is 6.10 Å². The molecule has 0 spiro atoms. The molecule has 9 nitrogen and oxygen atoms in total. The first-order valence-corrected chi connectivity index (χ1v) is 5.94. The summed E-state index contributed by atoms with van der Waals surface area (Å²) in [4.78, 5) is 31.9. The molecule has 1 fully saturated rings. The fourth-order valence-electron chi connectivity index (χ4n) is 1.80. The van der Waals surface area contributed by atoms with Gasteiger partial charge in [-0.2, -0.15) is 0 Å². The Hall–Kier alpha value is -2.84. The highest BCUT2D eigenvalue weighted by molar-refractivity contribution is 5.83. The van der Waals surface area contributed by atoms with Gasteiger partial charge in [0.1, 0.15) is 6.61 Å². The molecule has 1 aromatic rings. The second-order valence-electron chi connectivity index (χ2n) is 4.16. The maximum absolute atomic E-state index is 10.9. The zero-order valence-corrected chi connectivity index (χ0v) is 11.0. The average Bonchev–Trinajstić information content (AvgIpc) is 2.89. The van der Waals surface area contributed by atoms with Crippen molar-refractivity contribution >= 4 is 18.1 Å². The van der Waals surface area contributed by atoms with Crippen LogP contribution < -0.4 is 14.8 Å². The molecular weight excluding hydrogens is 284 g/mol. The molecule has 1 amide bonds. The highest BCUT2D eigenvalue weighted by Crippen LogP contribution is 2.34. The van der Waals surface area contributed by atoms with E-state index in [0.717, 1.165) is 6.07 Å². The van der Waals surface area contributed by atoms with Gasteiger partial charge in [0, 0.05) is 6.07 Å². The van der Waals surface area contributed by atoms with E-state index in [1.54, 1.807) is 0 Å². The van der Waals surface area contributed by atoms with Crippen molar-refractivity contribution in [3.63, 3.8) is 0 Å². The van der Waals surface area contributed by atoms with Gasteiger partial charge in [-0.05, 0) is 0 Å². The molecule has 2 rings (SSSR count). The zero-order chi connectivity index (χ0) is 15.4. The van der Waals surface area contributed by atoms with Gasteiger partial charge >= 0.3 is 6.09 Å². The summed E-state index contributed by atoms with van der Waals surface area (Å²) in [5.74, 6) is 0.276. The van der Waals surface area contributed by atoms with E-state index in [0.29, 0.717) is 6.29 Å². The molecule has 0 bridgehead atoms. The number of alkyl carbamates (subject to hydrolysis) is 1. The molecule has 0 saturated carbocycles. The summed E-state index contributed by atoms with van der Waals surface area (Å²) in [7, 11) is 1.35. The standard InChI is InChI=1S/C12H12N2O7/c1-19-10-2-7(5-15)9(14(17)18)3-11(10)20-6-8-4-13-12(16)21-8/h2-3,5,8H,4,6H2,1H3,(H,13,16). The number of nitro benzene ring substituents is 1. The van der Waals surface area contributed by atoms with Crippen LogP contribution in [0.3, 0.4) is 0 Å². The number of nitrogens with one attached hydrogen (secondary N) is 1. The largest absolute Gasteiger partial charge is 0.493 e. The number of carbonyl (C=O) groups excluding carboxylic acids is 2. The molecule has 1 atom stereocenters. The summed E-state index contributed by atoms with van der Waals surface area (Å²) in [6.07, 6.45) is -0.669. The number of benzene rings is 1. The Morgan fingerprint density at radius 2 is 2.29 bits per heavy atom. The summed E-state index contributed by atoms with van der Waals surface area (Å²) in [6.45, 7) is 0.294. The summed E-state index contributed by atoms with van der Waals surface area (Å²) < 4.78 is 15.3. The lowest BCUT2D eigenvalue weighted by molar-refractivity contribution is -0.385. The molecule has 21 heavy (non-hydrogen) atoms. The molecule has 0 aromatic heterocycles. The van der Waals surface area contributed by atoms with Gasteiger partial charge in [0.15, 0.2) is 23.9 Å². The van der Waals surface area contributed by atoms with Crippen molar-refractivity contribution in [3.8, 4) is 11.5 Å². The molecule has 1 aliphatic rings. The minimum absolute atomic E-state index is 0.00664. The smallest absolute Gasteiger partial charge is 0.407 e. The van der Waals surface area contributed by atoms with E-state index in [9.17, 15) is 19.7 Å².